The Bertz CT molecular complexity index is 1290. The van der Waals surface area contributed by atoms with Gasteiger partial charge in [-0.2, -0.15) is 0 Å². The first kappa shape index (κ1) is 25.5. The van der Waals surface area contributed by atoms with Crippen LogP contribution in [0.1, 0.15) is 41.6 Å². The zero-order valence-corrected chi connectivity index (χ0v) is 21.3. The Morgan fingerprint density at radius 2 is 1.83 bits per heavy atom. The van der Waals surface area contributed by atoms with E-state index in [1.807, 2.05) is 26.0 Å². The van der Waals surface area contributed by atoms with Gasteiger partial charge in [-0.25, -0.2) is 0 Å². The van der Waals surface area contributed by atoms with Crippen LogP contribution in [0, 0.1) is 13.8 Å². The number of anilines is 1. The molecule has 0 aliphatic carbocycles. The molecule has 0 saturated carbocycles. The Morgan fingerprint density at radius 3 is 2.50 bits per heavy atom. The smallest absolute Gasteiger partial charge is 0.237 e. The van der Waals surface area contributed by atoms with Crippen LogP contribution in [0.4, 0.5) is 5.69 Å². The van der Waals surface area contributed by atoms with Gasteiger partial charge in [0.1, 0.15) is 17.2 Å². The third kappa shape index (κ3) is 5.64. The van der Waals surface area contributed by atoms with Gasteiger partial charge >= 0.3 is 0 Å². The maximum atomic E-state index is 13.1. The molecule has 1 aliphatic heterocycles. The lowest BCUT2D eigenvalue weighted by molar-refractivity contribution is -0.123. The molecule has 0 fully saturated rings. The monoisotopic (exact) mass is 507 g/mol. The number of rotatable bonds is 6. The lowest BCUT2D eigenvalue weighted by atomic mass is 9.94. The molecule has 36 heavy (non-hydrogen) atoms. The van der Waals surface area contributed by atoms with Crippen LogP contribution in [-0.4, -0.2) is 29.5 Å². The highest BCUT2D eigenvalue weighted by molar-refractivity contribution is 6.30. The van der Waals surface area contributed by atoms with Crippen LogP contribution in [0.2, 0.25) is 5.02 Å². The topological polar surface area (TPSA) is 105 Å². The number of carbonyl (C=O) groups excluding carboxylic acids is 2. The van der Waals surface area contributed by atoms with Crippen LogP contribution in [0.25, 0.3) is 0 Å². The van der Waals surface area contributed by atoms with Gasteiger partial charge < -0.3 is 25.8 Å². The van der Waals surface area contributed by atoms with Crippen molar-refractivity contribution in [2.75, 3.05) is 11.4 Å². The van der Waals surface area contributed by atoms with Gasteiger partial charge in [0, 0.05) is 29.7 Å². The number of aromatic hydroxyl groups is 1. The van der Waals surface area contributed by atoms with Crippen molar-refractivity contribution in [2.24, 2.45) is 5.73 Å². The number of benzene rings is 3. The zero-order chi connectivity index (χ0) is 26.0. The van der Waals surface area contributed by atoms with E-state index in [2.05, 4.69) is 5.32 Å². The van der Waals surface area contributed by atoms with Crippen LogP contribution in [0.3, 0.4) is 0 Å². The average molecular weight is 508 g/mol. The van der Waals surface area contributed by atoms with Crippen LogP contribution < -0.4 is 20.7 Å². The standard InChI is InChI=1S/C28H30ClN3O4/c1-16-11-20(34)12-17(2)23(16)15-25(30)28(35)31-26-9-10-32(18(3)33)27-8-7-22(14-24(26)27)36-21-6-4-5-19(29)13-21/h4-8,11-14,25-26,34H,9-10,15,30H2,1-3H3,(H,31,35). The fourth-order valence-electron chi connectivity index (χ4n) is 4.68. The molecule has 4 N–H and O–H groups in total. The average Bonchev–Trinajstić information content (AvgIpc) is 2.81. The minimum absolute atomic E-state index is 0.0699. The molecular formula is C28H30ClN3O4. The summed E-state index contributed by atoms with van der Waals surface area (Å²) in [4.78, 5) is 27.1. The summed E-state index contributed by atoms with van der Waals surface area (Å²) in [5, 5.41) is 13.4. The van der Waals surface area contributed by atoms with E-state index in [9.17, 15) is 14.7 Å². The van der Waals surface area contributed by atoms with Crippen molar-refractivity contribution >= 4 is 29.1 Å². The SMILES string of the molecule is CC(=O)N1CCC(NC(=O)C(N)Cc2c(C)cc(O)cc2C)c2cc(Oc3cccc(Cl)c3)ccc21. The molecule has 4 rings (SSSR count). The molecule has 0 radical (unpaired) electrons. The molecule has 1 aliphatic rings. The van der Waals surface area contributed by atoms with Gasteiger partial charge in [0.15, 0.2) is 0 Å². The van der Waals surface area contributed by atoms with E-state index < -0.39 is 6.04 Å². The molecule has 188 valence electrons. The van der Waals surface area contributed by atoms with Crippen LogP contribution in [-0.2, 0) is 16.0 Å². The van der Waals surface area contributed by atoms with E-state index in [1.165, 1.54) is 6.92 Å². The summed E-state index contributed by atoms with van der Waals surface area (Å²) in [5.74, 6) is 0.996. The molecular weight excluding hydrogens is 478 g/mol. The predicted octanol–water partition coefficient (Wildman–Crippen LogP) is 4.94. The van der Waals surface area contributed by atoms with Crippen molar-refractivity contribution in [2.45, 2.75) is 45.7 Å². The summed E-state index contributed by atoms with van der Waals surface area (Å²) >= 11 is 6.08. The molecule has 8 heteroatoms. The van der Waals surface area contributed by atoms with Crippen molar-refractivity contribution in [3.8, 4) is 17.2 Å². The van der Waals surface area contributed by atoms with Crippen LogP contribution in [0.5, 0.6) is 17.2 Å². The number of hydrogen-bond donors (Lipinski definition) is 3. The molecule has 0 saturated heterocycles. The molecule has 7 nitrogen and oxygen atoms in total. The van der Waals surface area contributed by atoms with E-state index in [0.29, 0.717) is 35.9 Å². The van der Waals surface area contributed by atoms with Crippen molar-refractivity contribution in [1.82, 2.24) is 5.32 Å². The second kappa shape index (κ2) is 10.6. The quantitative estimate of drug-likeness (QED) is 0.438. The number of fused-ring (bicyclic) bond motifs is 1. The van der Waals surface area contributed by atoms with E-state index in [4.69, 9.17) is 22.1 Å². The summed E-state index contributed by atoms with van der Waals surface area (Å²) in [6, 6.07) is 14.8. The molecule has 0 bridgehead atoms. The first-order valence-corrected chi connectivity index (χ1v) is 12.2. The first-order chi connectivity index (χ1) is 17.1. The number of hydrogen-bond acceptors (Lipinski definition) is 5. The molecule has 2 amide bonds. The summed E-state index contributed by atoms with van der Waals surface area (Å²) in [6.07, 6.45) is 0.893. The van der Waals surface area contributed by atoms with E-state index in [-0.39, 0.29) is 23.6 Å². The second-order valence-electron chi connectivity index (χ2n) is 9.17. The highest BCUT2D eigenvalue weighted by atomic mass is 35.5. The highest BCUT2D eigenvalue weighted by Gasteiger charge is 2.30. The highest BCUT2D eigenvalue weighted by Crippen LogP contribution is 2.38. The largest absolute Gasteiger partial charge is 0.508 e. The van der Waals surface area contributed by atoms with Gasteiger partial charge in [-0.1, -0.05) is 17.7 Å². The van der Waals surface area contributed by atoms with Crippen LogP contribution >= 0.6 is 11.6 Å². The fourth-order valence-corrected chi connectivity index (χ4v) is 4.86. The molecule has 2 unspecified atom stereocenters. The first-order valence-electron chi connectivity index (χ1n) is 11.8. The molecule has 3 aromatic rings. The summed E-state index contributed by atoms with van der Waals surface area (Å²) < 4.78 is 5.99. The van der Waals surface area contributed by atoms with Crippen molar-refractivity contribution in [3.63, 3.8) is 0 Å². The molecule has 0 spiro atoms. The number of nitrogens with zero attached hydrogens (tertiary/aromatic N) is 1. The fraction of sp³-hybridized carbons (Fsp3) is 0.286. The van der Waals surface area contributed by atoms with Crippen LogP contribution in [0.15, 0.2) is 54.6 Å². The Morgan fingerprint density at radius 1 is 1.14 bits per heavy atom. The van der Waals surface area contributed by atoms with Gasteiger partial charge in [-0.3, -0.25) is 9.59 Å². The molecule has 3 aromatic carbocycles. The number of ether oxygens (including phenoxy) is 1. The Balaban J connectivity index is 1.56. The van der Waals surface area contributed by atoms with Crippen molar-refractivity contribution in [1.29, 1.82) is 0 Å². The molecule has 2 atom stereocenters. The number of phenols is 1. The maximum absolute atomic E-state index is 13.1. The van der Waals surface area contributed by atoms with Crippen molar-refractivity contribution in [3.05, 3.63) is 81.9 Å². The van der Waals surface area contributed by atoms with Gasteiger partial charge in [0.2, 0.25) is 11.8 Å². The number of aryl methyl sites for hydroxylation is 2. The van der Waals surface area contributed by atoms with E-state index in [1.54, 1.807) is 47.4 Å². The normalized spacial score (nSPS) is 15.7. The third-order valence-corrected chi connectivity index (χ3v) is 6.71. The Labute approximate surface area is 215 Å². The predicted molar refractivity (Wildman–Crippen MR) is 141 cm³/mol. The maximum Gasteiger partial charge on any atom is 0.237 e. The minimum atomic E-state index is -0.771. The number of carbonyl (C=O) groups is 2. The zero-order valence-electron chi connectivity index (χ0n) is 20.5. The number of amides is 2. The number of nitrogens with one attached hydrogen (secondary N) is 1. The lowest BCUT2D eigenvalue weighted by Crippen LogP contribution is -2.46. The van der Waals surface area contributed by atoms with Gasteiger partial charge in [0.05, 0.1) is 12.1 Å². The summed E-state index contributed by atoms with van der Waals surface area (Å²) in [6.45, 7) is 5.79. The molecule has 1 heterocycles. The van der Waals surface area contributed by atoms with Gasteiger partial charge in [0.25, 0.3) is 0 Å². The Kier molecular flexibility index (Phi) is 7.52. The van der Waals surface area contributed by atoms with E-state index >= 15 is 0 Å². The summed E-state index contributed by atoms with van der Waals surface area (Å²) in [7, 11) is 0. The Hall–Kier alpha value is -3.55. The van der Waals surface area contributed by atoms with Gasteiger partial charge in [-0.15, -0.1) is 0 Å². The number of halogens is 1. The minimum Gasteiger partial charge on any atom is -0.508 e. The van der Waals surface area contributed by atoms with Gasteiger partial charge in [-0.05, 0) is 91.9 Å². The lowest BCUT2D eigenvalue weighted by Gasteiger charge is -2.35. The second-order valence-corrected chi connectivity index (χ2v) is 9.61. The number of nitrogens with two attached hydrogens (primary N) is 1. The van der Waals surface area contributed by atoms with E-state index in [0.717, 1.165) is 27.9 Å². The molecule has 0 aromatic heterocycles. The number of phenolic OH excluding ortho intramolecular Hbond substituents is 1. The third-order valence-electron chi connectivity index (χ3n) is 6.48. The van der Waals surface area contributed by atoms with Crippen molar-refractivity contribution < 1.29 is 19.4 Å². The summed E-state index contributed by atoms with van der Waals surface area (Å²) in [5.41, 5.74) is 10.5.